The van der Waals surface area contributed by atoms with Crippen LogP contribution in [-0.2, 0) is 14.3 Å². The van der Waals surface area contributed by atoms with E-state index >= 15 is 0 Å². The molecule has 8 nitrogen and oxygen atoms in total. The highest BCUT2D eigenvalue weighted by atomic mass is 35.5. The minimum Gasteiger partial charge on any atom is -0.388 e. The largest absolute Gasteiger partial charge is 0.388 e. The Kier molecular flexibility index (Phi) is 8.11. The predicted molar refractivity (Wildman–Crippen MR) is 111 cm³/mol. The summed E-state index contributed by atoms with van der Waals surface area (Å²) in [7, 11) is 0. The molecule has 5 unspecified atom stereocenters. The third-order valence-electron chi connectivity index (χ3n) is 6.30. The van der Waals surface area contributed by atoms with Crippen LogP contribution in [0, 0.1) is 11.8 Å². The number of carbonyl (C=O) groups is 1. The number of nitrogens with one attached hydrogen (secondary N) is 2. The Morgan fingerprint density at radius 1 is 1.28 bits per heavy atom. The third kappa shape index (κ3) is 5.03. The van der Waals surface area contributed by atoms with Crippen LogP contribution in [0.25, 0.3) is 0 Å². The minimum atomic E-state index is -1.39. The maximum Gasteiger partial charge on any atom is 0.240 e. The molecule has 3 aliphatic rings. The van der Waals surface area contributed by atoms with E-state index in [1.165, 1.54) is 11.8 Å². The normalized spacial score (nSPS) is 45.1. The standard InChI is InChI=1S/C19H33ClN2O6S/c1-8-4-5-27-16-10(6-8)7-21-12(16)18(26)22-11(9(2)20)17-14(24)13(23)15(25)19(28-17)29-3/h8-17,19,21,23-25H,4-7H2,1-3H3,(H,22,26)/t8-,9+,10+,11-,12+,13?,14?,15?,16-,17?,19?/m1/s1. The number of fused-ring (bicyclic) bond motifs is 1. The average molecular weight is 453 g/mol. The van der Waals surface area contributed by atoms with Crippen molar-refractivity contribution >= 4 is 29.3 Å². The summed E-state index contributed by atoms with van der Waals surface area (Å²) in [6.45, 7) is 5.25. The van der Waals surface area contributed by atoms with Gasteiger partial charge in [0.2, 0.25) is 5.91 Å². The Labute approximate surface area is 181 Å². The van der Waals surface area contributed by atoms with Crippen molar-refractivity contribution < 1.29 is 29.6 Å². The van der Waals surface area contributed by atoms with Crippen molar-refractivity contribution in [2.75, 3.05) is 19.4 Å². The third-order valence-corrected chi connectivity index (χ3v) is 7.42. The van der Waals surface area contributed by atoms with Crippen LogP contribution in [0.1, 0.15) is 26.7 Å². The van der Waals surface area contributed by atoms with E-state index in [0.29, 0.717) is 12.5 Å². The predicted octanol–water partition coefficient (Wildman–Crippen LogP) is -0.328. The molecule has 10 heteroatoms. The van der Waals surface area contributed by atoms with Gasteiger partial charge in [-0.05, 0) is 37.9 Å². The van der Waals surface area contributed by atoms with Crippen LogP contribution in [0.2, 0.25) is 0 Å². The van der Waals surface area contributed by atoms with Crippen LogP contribution in [0.15, 0.2) is 0 Å². The van der Waals surface area contributed by atoms with E-state index in [9.17, 15) is 20.1 Å². The molecule has 0 aromatic carbocycles. The Bertz CT molecular complexity index is 571. The lowest BCUT2D eigenvalue weighted by molar-refractivity contribution is -0.205. The van der Waals surface area contributed by atoms with Crippen molar-refractivity contribution in [3.8, 4) is 0 Å². The number of thioether (sulfide) groups is 1. The summed E-state index contributed by atoms with van der Waals surface area (Å²) >= 11 is 7.56. The molecule has 0 saturated carbocycles. The molecule has 3 aliphatic heterocycles. The monoisotopic (exact) mass is 452 g/mol. The highest BCUT2D eigenvalue weighted by Gasteiger charge is 2.49. The molecular formula is C19H33ClN2O6S. The van der Waals surface area contributed by atoms with Crippen molar-refractivity contribution in [2.24, 2.45) is 11.8 Å². The van der Waals surface area contributed by atoms with Gasteiger partial charge in [0.1, 0.15) is 35.9 Å². The van der Waals surface area contributed by atoms with E-state index in [2.05, 4.69) is 17.6 Å². The van der Waals surface area contributed by atoms with Gasteiger partial charge in [-0.25, -0.2) is 0 Å². The maximum absolute atomic E-state index is 13.1. The zero-order chi connectivity index (χ0) is 21.3. The molecule has 0 aromatic rings. The second-order valence-corrected chi connectivity index (χ2v) is 10.1. The molecule has 168 valence electrons. The molecule has 0 aliphatic carbocycles. The van der Waals surface area contributed by atoms with Crippen LogP contribution >= 0.6 is 23.4 Å². The second-order valence-electron chi connectivity index (χ2n) is 8.50. The molecule has 5 N–H and O–H groups in total. The zero-order valence-corrected chi connectivity index (χ0v) is 18.6. The first kappa shape index (κ1) is 23.5. The van der Waals surface area contributed by atoms with E-state index in [0.717, 1.165) is 19.4 Å². The second kappa shape index (κ2) is 9.99. The first-order valence-electron chi connectivity index (χ1n) is 10.3. The fourth-order valence-electron chi connectivity index (χ4n) is 4.59. The van der Waals surface area contributed by atoms with Gasteiger partial charge in [0.05, 0.1) is 17.5 Å². The van der Waals surface area contributed by atoms with E-state index in [-0.39, 0.29) is 17.9 Å². The molecule has 0 radical (unpaired) electrons. The number of hydrogen-bond donors (Lipinski definition) is 5. The number of ether oxygens (including phenoxy) is 2. The molecule has 29 heavy (non-hydrogen) atoms. The summed E-state index contributed by atoms with van der Waals surface area (Å²) in [5.41, 5.74) is -0.728. The molecule has 3 heterocycles. The maximum atomic E-state index is 13.1. The average Bonchev–Trinajstić information content (AvgIpc) is 2.97. The van der Waals surface area contributed by atoms with E-state index in [4.69, 9.17) is 21.1 Å². The zero-order valence-electron chi connectivity index (χ0n) is 17.0. The molecule has 0 spiro atoms. The Morgan fingerprint density at radius 3 is 2.66 bits per heavy atom. The number of halogens is 1. The van der Waals surface area contributed by atoms with Crippen molar-refractivity contribution in [3.05, 3.63) is 0 Å². The van der Waals surface area contributed by atoms with Gasteiger partial charge >= 0.3 is 0 Å². The van der Waals surface area contributed by atoms with Gasteiger partial charge in [-0.2, -0.15) is 0 Å². The Hall–Kier alpha value is -0.130. The molecule has 11 atom stereocenters. The fourth-order valence-corrected chi connectivity index (χ4v) is 5.48. The van der Waals surface area contributed by atoms with Crippen LogP contribution < -0.4 is 10.6 Å². The van der Waals surface area contributed by atoms with Crippen molar-refractivity contribution in [1.29, 1.82) is 0 Å². The van der Waals surface area contributed by atoms with Crippen LogP contribution in [0.4, 0.5) is 0 Å². The SMILES string of the molecule is CSC1OC([C@H](NC(=O)[C@H]2NC[C@@H]3C[C@H](C)CCO[C@H]32)[C@H](C)Cl)C(O)C(O)C1O. The number of amides is 1. The first-order chi connectivity index (χ1) is 13.7. The number of rotatable bonds is 5. The van der Waals surface area contributed by atoms with E-state index in [1.807, 2.05) is 0 Å². The molecule has 3 rings (SSSR count). The molecular weight excluding hydrogens is 420 g/mol. The molecule has 1 amide bonds. The smallest absolute Gasteiger partial charge is 0.240 e. The van der Waals surface area contributed by atoms with Crippen LogP contribution in [-0.4, -0.2) is 94.1 Å². The highest BCUT2D eigenvalue weighted by molar-refractivity contribution is 7.99. The number of alkyl halides is 1. The summed E-state index contributed by atoms with van der Waals surface area (Å²) in [5.74, 6) is 0.581. The van der Waals surface area contributed by atoms with Crippen LogP contribution in [0.3, 0.4) is 0 Å². The lowest BCUT2D eigenvalue weighted by Crippen LogP contribution is -2.65. The van der Waals surface area contributed by atoms with Gasteiger partial charge in [0.15, 0.2) is 0 Å². The van der Waals surface area contributed by atoms with Crippen LogP contribution in [0.5, 0.6) is 0 Å². The number of aliphatic hydroxyl groups is 3. The summed E-state index contributed by atoms with van der Waals surface area (Å²) in [5, 5.41) is 36.4. The molecule has 3 saturated heterocycles. The summed E-state index contributed by atoms with van der Waals surface area (Å²) in [6, 6.07) is -1.25. The van der Waals surface area contributed by atoms with Gasteiger partial charge in [0.25, 0.3) is 0 Å². The number of hydrogen-bond acceptors (Lipinski definition) is 8. The quantitative estimate of drug-likeness (QED) is 0.360. The van der Waals surface area contributed by atoms with Crippen molar-refractivity contribution in [1.82, 2.24) is 10.6 Å². The minimum absolute atomic E-state index is 0.199. The van der Waals surface area contributed by atoms with E-state index in [1.54, 1.807) is 13.2 Å². The summed E-state index contributed by atoms with van der Waals surface area (Å²) in [4.78, 5) is 13.1. The molecule has 0 aromatic heterocycles. The van der Waals surface area contributed by atoms with Gasteiger partial charge in [-0.3, -0.25) is 4.79 Å². The fraction of sp³-hybridized carbons (Fsp3) is 0.947. The Balaban J connectivity index is 1.71. The lowest BCUT2D eigenvalue weighted by atomic mass is 9.90. The highest BCUT2D eigenvalue weighted by Crippen LogP contribution is 2.32. The van der Waals surface area contributed by atoms with Crippen molar-refractivity contribution in [2.45, 2.75) is 80.1 Å². The lowest BCUT2D eigenvalue weighted by Gasteiger charge is -2.44. The van der Waals surface area contributed by atoms with Gasteiger partial charge in [-0.1, -0.05) is 6.92 Å². The summed E-state index contributed by atoms with van der Waals surface area (Å²) < 4.78 is 11.8. The number of carbonyl (C=O) groups excluding carboxylic acids is 1. The van der Waals surface area contributed by atoms with Gasteiger partial charge < -0.3 is 35.4 Å². The first-order valence-corrected chi connectivity index (χ1v) is 12.0. The Morgan fingerprint density at radius 2 is 2.00 bits per heavy atom. The topological polar surface area (TPSA) is 120 Å². The van der Waals surface area contributed by atoms with Crippen molar-refractivity contribution in [3.63, 3.8) is 0 Å². The van der Waals surface area contributed by atoms with Gasteiger partial charge in [-0.15, -0.1) is 23.4 Å². The summed E-state index contributed by atoms with van der Waals surface area (Å²) in [6.07, 6.45) is -1.40. The van der Waals surface area contributed by atoms with E-state index < -0.39 is 47.3 Å². The molecule has 0 bridgehead atoms. The molecule has 3 fully saturated rings. The van der Waals surface area contributed by atoms with Gasteiger partial charge in [0, 0.05) is 13.2 Å². The number of aliphatic hydroxyl groups excluding tert-OH is 3.